The van der Waals surface area contributed by atoms with Crippen LogP contribution in [0.2, 0.25) is 0 Å². The molecule has 1 unspecified atom stereocenters. The zero-order chi connectivity index (χ0) is 13.4. The number of carbonyl (C=O) groups excluding carboxylic acids is 3. The summed E-state index contributed by atoms with van der Waals surface area (Å²) < 4.78 is 9.72. The van der Waals surface area contributed by atoms with Crippen molar-refractivity contribution in [1.82, 2.24) is 9.80 Å². The topological polar surface area (TPSA) is 80.1 Å². The highest BCUT2D eigenvalue weighted by molar-refractivity contribution is 5.98. The molecule has 2 aliphatic heterocycles. The number of hydrogen-bond acceptors (Lipinski definition) is 5. The molecule has 7 heteroatoms. The van der Waals surface area contributed by atoms with E-state index in [1.165, 1.54) is 6.26 Å². The van der Waals surface area contributed by atoms with Crippen molar-refractivity contribution in [3.8, 4) is 0 Å². The van der Waals surface area contributed by atoms with Crippen LogP contribution in [0.5, 0.6) is 0 Å². The lowest BCUT2D eigenvalue weighted by atomic mass is 10.2. The van der Waals surface area contributed by atoms with Crippen LogP contribution in [-0.2, 0) is 9.53 Å². The minimum absolute atomic E-state index is 0.207. The van der Waals surface area contributed by atoms with Gasteiger partial charge in [0.15, 0.2) is 12.4 Å². The molecule has 0 bridgehead atoms. The highest BCUT2D eigenvalue weighted by Crippen LogP contribution is 2.21. The molecule has 0 aliphatic carbocycles. The average Bonchev–Trinajstić information content (AvgIpc) is 3.10. The Balaban J connectivity index is 1.69. The van der Waals surface area contributed by atoms with Gasteiger partial charge in [-0.3, -0.25) is 9.59 Å². The van der Waals surface area contributed by atoms with Crippen molar-refractivity contribution in [2.24, 2.45) is 0 Å². The van der Waals surface area contributed by atoms with Crippen molar-refractivity contribution >= 4 is 17.9 Å². The van der Waals surface area contributed by atoms with E-state index in [4.69, 9.17) is 4.42 Å². The van der Waals surface area contributed by atoms with E-state index in [2.05, 4.69) is 4.74 Å². The fraction of sp³-hybridized carbons (Fsp3) is 0.417. The summed E-state index contributed by atoms with van der Waals surface area (Å²) in [6.45, 7) is 0.600. The van der Waals surface area contributed by atoms with E-state index in [9.17, 15) is 14.4 Å². The van der Waals surface area contributed by atoms with Crippen molar-refractivity contribution in [3.05, 3.63) is 24.2 Å². The Morgan fingerprint density at radius 2 is 2.21 bits per heavy atom. The normalized spacial score (nSPS) is 23.1. The number of carbonyl (C=O) groups is 3. The Kier molecular flexibility index (Phi) is 2.73. The SMILES string of the molecule is O=C(c1ccco1)N1CCC(N2C(=O)COC2=O)C1. The Morgan fingerprint density at radius 3 is 2.84 bits per heavy atom. The van der Waals surface area contributed by atoms with Crippen molar-refractivity contribution in [3.63, 3.8) is 0 Å². The predicted molar refractivity (Wildman–Crippen MR) is 61.2 cm³/mol. The second kappa shape index (κ2) is 4.42. The van der Waals surface area contributed by atoms with E-state index < -0.39 is 6.09 Å². The molecule has 100 valence electrons. The molecule has 3 rings (SSSR count). The minimum Gasteiger partial charge on any atom is -0.459 e. The molecule has 0 spiro atoms. The number of cyclic esters (lactones) is 1. The smallest absolute Gasteiger partial charge is 0.417 e. The Labute approximate surface area is 108 Å². The van der Waals surface area contributed by atoms with Crippen LogP contribution in [0.15, 0.2) is 22.8 Å². The quantitative estimate of drug-likeness (QED) is 0.775. The van der Waals surface area contributed by atoms with Crippen molar-refractivity contribution in [2.45, 2.75) is 12.5 Å². The molecule has 1 aromatic rings. The van der Waals surface area contributed by atoms with Gasteiger partial charge in [-0.05, 0) is 18.6 Å². The fourth-order valence-corrected chi connectivity index (χ4v) is 2.41. The van der Waals surface area contributed by atoms with Gasteiger partial charge in [0.25, 0.3) is 11.8 Å². The van der Waals surface area contributed by atoms with Gasteiger partial charge in [-0.25, -0.2) is 9.69 Å². The van der Waals surface area contributed by atoms with E-state index in [1.54, 1.807) is 17.0 Å². The molecule has 0 saturated carbocycles. The van der Waals surface area contributed by atoms with Gasteiger partial charge in [0.2, 0.25) is 0 Å². The van der Waals surface area contributed by atoms with Crippen LogP contribution in [0.25, 0.3) is 0 Å². The fourth-order valence-electron chi connectivity index (χ4n) is 2.41. The zero-order valence-corrected chi connectivity index (χ0v) is 10.1. The third kappa shape index (κ3) is 1.96. The largest absolute Gasteiger partial charge is 0.459 e. The molecule has 0 aromatic carbocycles. The van der Waals surface area contributed by atoms with Crippen LogP contribution < -0.4 is 0 Å². The number of likely N-dealkylation sites (tertiary alicyclic amines) is 1. The van der Waals surface area contributed by atoms with Gasteiger partial charge in [-0.1, -0.05) is 0 Å². The Hall–Kier alpha value is -2.31. The van der Waals surface area contributed by atoms with Gasteiger partial charge in [-0.15, -0.1) is 0 Å². The van der Waals surface area contributed by atoms with E-state index in [0.717, 1.165) is 4.90 Å². The third-order valence-corrected chi connectivity index (χ3v) is 3.33. The van der Waals surface area contributed by atoms with E-state index in [1.807, 2.05) is 0 Å². The number of rotatable bonds is 2. The molecule has 3 amide bonds. The number of nitrogens with zero attached hydrogens (tertiary/aromatic N) is 2. The number of amides is 3. The summed E-state index contributed by atoms with van der Waals surface area (Å²) >= 11 is 0. The monoisotopic (exact) mass is 264 g/mol. The molecule has 0 N–H and O–H groups in total. The highest BCUT2D eigenvalue weighted by atomic mass is 16.6. The van der Waals surface area contributed by atoms with Crippen LogP contribution >= 0.6 is 0 Å². The first-order chi connectivity index (χ1) is 9.16. The predicted octanol–water partition coefficient (Wildman–Crippen LogP) is 0.473. The first-order valence-electron chi connectivity index (χ1n) is 5.98. The molecule has 2 aliphatic rings. The van der Waals surface area contributed by atoms with Gasteiger partial charge >= 0.3 is 6.09 Å². The number of imide groups is 1. The van der Waals surface area contributed by atoms with Gasteiger partial charge in [-0.2, -0.15) is 0 Å². The summed E-state index contributed by atoms with van der Waals surface area (Å²) in [6.07, 6.45) is 1.37. The molecule has 7 nitrogen and oxygen atoms in total. The second-order valence-electron chi connectivity index (χ2n) is 4.49. The molecule has 3 heterocycles. The van der Waals surface area contributed by atoms with E-state index in [0.29, 0.717) is 19.5 Å². The van der Waals surface area contributed by atoms with Gasteiger partial charge in [0, 0.05) is 13.1 Å². The average molecular weight is 264 g/mol. The van der Waals surface area contributed by atoms with Gasteiger partial charge in [0.05, 0.1) is 12.3 Å². The summed E-state index contributed by atoms with van der Waals surface area (Å²) in [5.74, 6) is -0.314. The summed E-state index contributed by atoms with van der Waals surface area (Å²) in [4.78, 5) is 37.7. The van der Waals surface area contributed by atoms with Crippen LogP contribution in [0, 0.1) is 0 Å². The molecular weight excluding hydrogens is 252 g/mol. The maximum absolute atomic E-state index is 12.0. The molecule has 0 radical (unpaired) electrons. The zero-order valence-electron chi connectivity index (χ0n) is 10.1. The lowest BCUT2D eigenvalue weighted by Gasteiger charge is -2.19. The lowest BCUT2D eigenvalue weighted by Crippen LogP contribution is -2.41. The van der Waals surface area contributed by atoms with Crippen molar-refractivity contribution in [2.75, 3.05) is 19.7 Å². The molecule has 2 saturated heterocycles. The molecule has 1 atom stereocenters. The molecular formula is C12H12N2O5. The Bertz CT molecular complexity index is 508. The van der Waals surface area contributed by atoms with Crippen LogP contribution in [-0.4, -0.2) is 53.4 Å². The lowest BCUT2D eigenvalue weighted by molar-refractivity contribution is -0.127. The minimum atomic E-state index is -0.623. The summed E-state index contributed by atoms with van der Waals surface area (Å²) in [5.41, 5.74) is 0. The van der Waals surface area contributed by atoms with E-state index in [-0.39, 0.29) is 30.2 Å². The van der Waals surface area contributed by atoms with Gasteiger partial charge in [0.1, 0.15) is 0 Å². The summed E-state index contributed by atoms with van der Waals surface area (Å²) in [6, 6.07) is 2.92. The van der Waals surface area contributed by atoms with Gasteiger partial charge < -0.3 is 14.1 Å². The summed E-state index contributed by atoms with van der Waals surface area (Å²) in [5, 5.41) is 0. The molecule has 2 fully saturated rings. The Morgan fingerprint density at radius 1 is 1.37 bits per heavy atom. The maximum atomic E-state index is 12.0. The third-order valence-electron chi connectivity index (χ3n) is 3.33. The highest BCUT2D eigenvalue weighted by Gasteiger charge is 2.41. The second-order valence-corrected chi connectivity index (χ2v) is 4.49. The first kappa shape index (κ1) is 11.8. The maximum Gasteiger partial charge on any atom is 0.417 e. The number of furan rings is 1. The standard InChI is InChI=1S/C12H12N2O5/c15-10-7-19-12(17)14(10)8-3-4-13(6-8)11(16)9-2-1-5-18-9/h1-2,5,8H,3-4,6-7H2. The van der Waals surface area contributed by atoms with Crippen LogP contribution in [0.3, 0.4) is 0 Å². The summed E-state index contributed by atoms with van der Waals surface area (Å²) in [7, 11) is 0. The van der Waals surface area contributed by atoms with Crippen LogP contribution in [0.4, 0.5) is 4.79 Å². The molecule has 19 heavy (non-hydrogen) atoms. The van der Waals surface area contributed by atoms with Crippen molar-refractivity contribution in [1.29, 1.82) is 0 Å². The number of ether oxygens (including phenoxy) is 1. The first-order valence-corrected chi connectivity index (χ1v) is 5.98. The van der Waals surface area contributed by atoms with Crippen molar-refractivity contribution < 1.29 is 23.5 Å². The van der Waals surface area contributed by atoms with E-state index >= 15 is 0 Å². The molecule has 1 aromatic heterocycles. The van der Waals surface area contributed by atoms with Crippen LogP contribution in [0.1, 0.15) is 17.0 Å². The number of hydrogen-bond donors (Lipinski definition) is 0.